The van der Waals surface area contributed by atoms with Crippen molar-refractivity contribution >= 4 is 5.91 Å². The monoisotopic (exact) mass is 238 g/mol. The van der Waals surface area contributed by atoms with Crippen molar-refractivity contribution in [1.29, 1.82) is 0 Å². The highest BCUT2D eigenvalue weighted by molar-refractivity contribution is 5.81. The Hall–Kier alpha value is -0.610. The van der Waals surface area contributed by atoms with Crippen molar-refractivity contribution in [1.82, 2.24) is 10.2 Å². The van der Waals surface area contributed by atoms with Crippen molar-refractivity contribution in [2.45, 2.75) is 31.8 Å². The molecule has 3 atom stereocenters. The number of nitrogens with one attached hydrogen (secondary N) is 1. The van der Waals surface area contributed by atoms with Gasteiger partial charge >= 0.3 is 0 Å². The van der Waals surface area contributed by atoms with Crippen LogP contribution in [0.4, 0.5) is 0 Å². The molecule has 0 bridgehead atoms. The average Bonchev–Trinajstić information content (AvgIpc) is 2.86. The summed E-state index contributed by atoms with van der Waals surface area (Å²) in [6.45, 7) is 4.86. The number of piperidine rings is 1. The van der Waals surface area contributed by atoms with E-state index in [0.717, 1.165) is 64.4 Å². The smallest absolute Gasteiger partial charge is 0.251 e. The van der Waals surface area contributed by atoms with Gasteiger partial charge in [-0.3, -0.25) is 4.79 Å². The van der Waals surface area contributed by atoms with Crippen LogP contribution in [0.25, 0.3) is 0 Å². The van der Waals surface area contributed by atoms with Gasteiger partial charge in [0.25, 0.3) is 5.91 Å². The minimum Gasteiger partial charge on any atom is -0.368 e. The van der Waals surface area contributed by atoms with Gasteiger partial charge in [-0.05, 0) is 50.6 Å². The summed E-state index contributed by atoms with van der Waals surface area (Å²) >= 11 is 0. The second kappa shape index (κ2) is 4.94. The number of fused-ring (bicyclic) bond motifs is 1. The number of likely N-dealkylation sites (tertiary alicyclic amines) is 1. The lowest BCUT2D eigenvalue weighted by atomic mass is 9.88. The molecule has 3 aliphatic heterocycles. The van der Waals surface area contributed by atoms with Gasteiger partial charge in [0.15, 0.2) is 0 Å². The van der Waals surface area contributed by atoms with Crippen LogP contribution in [0.1, 0.15) is 25.7 Å². The minimum atomic E-state index is -0.144. The zero-order chi connectivity index (χ0) is 11.7. The Morgan fingerprint density at radius 1 is 1.18 bits per heavy atom. The van der Waals surface area contributed by atoms with Gasteiger partial charge in [0, 0.05) is 19.7 Å². The first-order valence-corrected chi connectivity index (χ1v) is 6.95. The number of ether oxygens (including phenoxy) is 1. The molecule has 3 aliphatic rings. The van der Waals surface area contributed by atoms with Crippen LogP contribution >= 0.6 is 0 Å². The molecule has 17 heavy (non-hydrogen) atoms. The quantitative estimate of drug-likeness (QED) is 0.728. The van der Waals surface area contributed by atoms with Crippen LogP contribution in [0.2, 0.25) is 0 Å². The molecule has 4 heteroatoms. The Morgan fingerprint density at radius 3 is 2.88 bits per heavy atom. The molecule has 96 valence electrons. The van der Waals surface area contributed by atoms with Crippen LogP contribution in [-0.2, 0) is 9.53 Å². The summed E-state index contributed by atoms with van der Waals surface area (Å²) in [5.41, 5.74) is 0. The molecular formula is C13H22N2O2. The van der Waals surface area contributed by atoms with Crippen molar-refractivity contribution in [3.8, 4) is 0 Å². The van der Waals surface area contributed by atoms with E-state index in [1.54, 1.807) is 0 Å². The van der Waals surface area contributed by atoms with E-state index < -0.39 is 0 Å². The van der Waals surface area contributed by atoms with Gasteiger partial charge in [0.05, 0.1) is 0 Å². The van der Waals surface area contributed by atoms with Crippen molar-refractivity contribution in [3.63, 3.8) is 0 Å². The molecule has 3 saturated heterocycles. The zero-order valence-electron chi connectivity index (χ0n) is 10.4. The van der Waals surface area contributed by atoms with E-state index >= 15 is 0 Å². The lowest BCUT2D eigenvalue weighted by molar-refractivity contribution is -0.148. The molecule has 0 aromatic rings. The maximum absolute atomic E-state index is 12.3. The first kappa shape index (κ1) is 11.5. The molecule has 1 N–H and O–H groups in total. The van der Waals surface area contributed by atoms with Gasteiger partial charge < -0.3 is 15.0 Å². The Kier molecular flexibility index (Phi) is 3.34. The molecule has 3 fully saturated rings. The summed E-state index contributed by atoms with van der Waals surface area (Å²) < 4.78 is 5.60. The lowest BCUT2D eigenvalue weighted by Crippen LogP contribution is -2.48. The summed E-state index contributed by atoms with van der Waals surface area (Å²) in [6.07, 6.45) is 4.18. The molecule has 0 spiro atoms. The van der Waals surface area contributed by atoms with E-state index in [4.69, 9.17) is 4.74 Å². The van der Waals surface area contributed by atoms with Gasteiger partial charge in [0.2, 0.25) is 0 Å². The Balaban J connectivity index is 1.58. The number of nitrogens with zero attached hydrogens (tertiary/aromatic N) is 1. The molecule has 3 unspecified atom stereocenters. The molecule has 0 radical (unpaired) electrons. The highest BCUT2D eigenvalue weighted by Gasteiger charge is 2.36. The van der Waals surface area contributed by atoms with Crippen LogP contribution in [0.3, 0.4) is 0 Å². The molecule has 3 heterocycles. The summed E-state index contributed by atoms with van der Waals surface area (Å²) in [7, 11) is 0. The average molecular weight is 238 g/mol. The zero-order valence-corrected chi connectivity index (χ0v) is 10.4. The molecular weight excluding hydrogens is 216 g/mol. The van der Waals surface area contributed by atoms with Gasteiger partial charge in [-0.15, -0.1) is 0 Å². The summed E-state index contributed by atoms with van der Waals surface area (Å²) in [4.78, 5) is 14.4. The molecule has 1 amide bonds. The fourth-order valence-corrected chi connectivity index (χ4v) is 3.37. The van der Waals surface area contributed by atoms with E-state index in [1.807, 2.05) is 4.90 Å². The van der Waals surface area contributed by atoms with Crippen molar-refractivity contribution in [3.05, 3.63) is 0 Å². The maximum atomic E-state index is 12.3. The molecule has 0 aromatic heterocycles. The Labute approximate surface area is 103 Å². The van der Waals surface area contributed by atoms with E-state index in [9.17, 15) is 4.79 Å². The summed E-state index contributed by atoms with van der Waals surface area (Å²) in [5, 5.41) is 3.43. The molecule has 4 nitrogen and oxygen atoms in total. The van der Waals surface area contributed by atoms with E-state index in [2.05, 4.69) is 5.32 Å². The van der Waals surface area contributed by atoms with Gasteiger partial charge in [-0.2, -0.15) is 0 Å². The van der Waals surface area contributed by atoms with Crippen LogP contribution in [0, 0.1) is 11.8 Å². The first-order chi connectivity index (χ1) is 8.34. The number of hydrogen-bond donors (Lipinski definition) is 1. The minimum absolute atomic E-state index is 0.144. The number of carbonyl (C=O) groups is 1. The molecule has 3 rings (SSSR count). The summed E-state index contributed by atoms with van der Waals surface area (Å²) in [5.74, 6) is 1.72. The topological polar surface area (TPSA) is 41.6 Å². The molecule has 0 saturated carbocycles. The SMILES string of the molecule is O=C(C1CCCCO1)N1CCC2CNCC2C1. The van der Waals surface area contributed by atoms with Gasteiger partial charge in [0.1, 0.15) is 6.10 Å². The van der Waals surface area contributed by atoms with Crippen LogP contribution < -0.4 is 5.32 Å². The molecule has 0 aromatic carbocycles. The normalized spacial score (nSPS) is 37.9. The second-order valence-corrected chi connectivity index (χ2v) is 5.61. The number of amides is 1. The fraction of sp³-hybridized carbons (Fsp3) is 0.923. The Morgan fingerprint density at radius 2 is 2.06 bits per heavy atom. The number of carbonyl (C=O) groups excluding carboxylic acids is 1. The van der Waals surface area contributed by atoms with Crippen molar-refractivity contribution in [2.24, 2.45) is 11.8 Å². The second-order valence-electron chi connectivity index (χ2n) is 5.61. The van der Waals surface area contributed by atoms with E-state index in [-0.39, 0.29) is 12.0 Å². The standard InChI is InChI=1S/C13H22N2O2/c16-13(12-3-1-2-6-17-12)15-5-4-10-7-14-8-11(10)9-15/h10-12,14H,1-9H2. The third-order valence-corrected chi connectivity index (χ3v) is 4.47. The third-order valence-electron chi connectivity index (χ3n) is 4.47. The van der Waals surface area contributed by atoms with E-state index in [1.165, 1.54) is 0 Å². The van der Waals surface area contributed by atoms with Crippen LogP contribution in [0.15, 0.2) is 0 Å². The first-order valence-electron chi connectivity index (χ1n) is 6.95. The number of rotatable bonds is 1. The van der Waals surface area contributed by atoms with Crippen LogP contribution in [0.5, 0.6) is 0 Å². The van der Waals surface area contributed by atoms with Crippen molar-refractivity contribution < 1.29 is 9.53 Å². The summed E-state index contributed by atoms with van der Waals surface area (Å²) in [6, 6.07) is 0. The fourth-order valence-electron chi connectivity index (χ4n) is 3.37. The highest BCUT2D eigenvalue weighted by Crippen LogP contribution is 2.27. The van der Waals surface area contributed by atoms with E-state index in [0.29, 0.717) is 5.92 Å². The highest BCUT2D eigenvalue weighted by atomic mass is 16.5. The predicted octanol–water partition coefficient (Wildman–Crippen LogP) is 0.623. The van der Waals surface area contributed by atoms with Crippen molar-refractivity contribution in [2.75, 3.05) is 32.8 Å². The number of hydrogen-bond acceptors (Lipinski definition) is 3. The lowest BCUT2D eigenvalue weighted by Gasteiger charge is -2.37. The maximum Gasteiger partial charge on any atom is 0.251 e. The van der Waals surface area contributed by atoms with Gasteiger partial charge in [-0.25, -0.2) is 0 Å². The molecule has 0 aliphatic carbocycles. The Bertz CT molecular complexity index is 289. The van der Waals surface area contributed by atoms with Crippen LogP contribution in [-0.4, -0.2) is 49.7 Å². The largest absolute Gasteiger partial charge is 0.368 e. The van der Waals surface area contributed by atoms with Gasteiger partial charge in [-0.1, -0.05) is 0 Å². The predicted molar refractivity (Wildman–Crippen MR) is 64.6 cm³/mol. The third kappa shape index (κ3) is 2.33.